The van der Waals surface area contributed by atoms with Gasteiger partial charge in [0, 0.05) is 36.3 Å². The first-order valence-electron chi connectivity index (χ1n) is 6.26. The van der Waals surface area contributed by atoms with Crippen LogP contribution < -0.4 is 0 Å². The molecule has 0 amide bonds. The molecule has 0 radical (unpaired) electrons. The van der Waals surface area contributed by atoms with Gasteiger partial charge in [0.2, 0.25) is 0 Å². The molecule has 0 aliphatic rings. The summed E-state index contributed by atoms with van der Waals surface area (Å²) in [6.07, 6.45) is 7.46. The lowest BCUT2D eigenvalue weighted by Gasteiger charge is -2.00. The molecule has 0 saturated carbocycles. The van der Waals surface area contributed by atoms with Crippen molar-refractivity contribution in [1.82, 2.24) is 19.5 Å². The molecule has 0 fully saturated rings. The molecule has 1 aromatic carbocycles. The summed E-state index contributed by atoms with van der Waals surface area (Å²) in [5, 5.41) is 0. The van der Waals surface area contributed by atoms with E-state index < -0.39 is 0 Å². The van der Waals surface area contributed by atoms with E-state index in [0.717, 1.165) is 29.2 Å². The summed E-state index contributed by atoms with van der Waals surface area (Å²) < 4.78 is 2.03. The van der Waals surface area contributed by atoms with Crippen molar-refractivity contribution in [3.63, 3.8) is 0 Å². The van der Waals surface area contributed by atoms with Crippen LogP contribution in [0.15, 0.2) is 55.2 Å². The number of hydrogen-bond acceptors (Lipinski definition) is 3. The maximum Gasteiger partial charge on any atom is 0.159 e. The minimum atomic E-state index is 0.735. The Morgan fingerprint density at radius 1 is 0.947 bits per heavy atom. The minimum Gasteiger partial charge on any atom is -0.337 e. The number of imidazole rings is 1. The molecule has 4 heteroatoms. The lowest BCUT2D eigenvalue weighted by Crippen LogP contribution is -1.90. The Morgan fingerprint density at radius 3 is 2.32 bits per heavy atom. The highest BCUT2D eigenvalue weighted by molar-refractivity contribution is 5.59. The molecule has 0 atom stereocenters. The zero-order valence-electron chi connectivity index (χ0n) is 10.7. The second-order valence-electron chi connectivity index (χ2n) is 4.25. The second-order valence-corrected chi connectivity index (χ2v) is 4.25. The summed E-state index contributed by atoms with van der Waals surface area (Å²) in [4.78, 5) is 13.1. The van der Waals surface area contributed by atoms with Crippen LogP contribution in [0.3, 0.4) is 0 Å². The van der Waals surface area contributed by atoms with Gasteiger partial charge in [-0.25, -0.2) is 15.0 Å². The van der Waals surface area contributed by atoms with Crippen molar-refractivity contribution in [3.05, 3.63) is 55.2 Å². The van der Waals surface area contributed by atoms with Crippen LogP contribution in [0, 0.1) is 0 Å². The first-order valence-corrected chi connectivity index (χ1v) is 6.26. The van der Waals surface area contributed by atoms with Crippen molar-refractivity contribution in [2.24, 2.45) is 0 Å². The molecule has 3 aromatic rings. The topological polar surface area (TPSA) is 43.6 Å². The summed E-state index contributed by atoms with van der Waals surface area (Å²) in [5.41, 5.74) is 2.86. The number of aryl methyl sites for hydroxylation is 1. The van der Waals surface area contributed by atoms with E-state index >= 15 is 0 Å². The molecule has 3 rings (SSSR count). The van der Waals surface area contributed by atoms with Gasteiger partial charge in [0.05, 0.1) is 12.0 Å². The van der Waals surface area contributed by atoms with Crippen molar-refractivity contribution >= 4 is 0 Å². The van der Waals surface area contributed by atoms with Crippen LogP contribution in [0.2, 0.25) is 0 Å². The number of hydrogen-bond donors (Lipinski definition) is 0. The van der Waals surface area contributed by atoms with E-state index in [0.29, 0.717) is 0 Å². The van der Waals surface area contributed by atoms with Gasteiger partial charge in [-0.05, 0) is 6.92 Å². The fraction of sp³-hybridized carbons (Fsp3) is 0.133. The van der Waals surface area contributed by atoms with E-state index in [1.54, 1.807) is 0 Å². The van der Waals surface area contributed by atoms with Gasteiger partial charge in [-0.3, -0.25) is 0 Å². The molecular weight excluding hydrogens is 236 g/mol. The summed E-state index contributed by atoms with van der Waals surface area (Å²) in [6, 6.07) is 9.95. The van der Waals surface area contributed by atoms with Gasteiger partial charge in [0.1, 0.15) is 0 Å². The first-order chi connectivity index (χ1) is 9.36. The van der Waals surface area contributed by atoms with E-state index in [2.05, 4.69) is 21.9 Å². The van der Waals surface area contributed by atoms with E-state index in [-0.39, 0.29) is 0 Å². The highest BCUT2D eigenvalue weighted by Gasteiger charge is 2.04. The predicted molar refractivity (Wildman–Crippen MR) is 74.4 cm³/mol. The summed E-state index contributed by atoms with van der Waals surface area (Å²) in [7, 11) is 0. The lowest BCUT2D eigenvalue weighted by atomic mass is 10.2. The maximum absolute atomic E-state index is 4.40. The summed E-state index contributed by atoms with van der Waals surface area (Å²) >= 11 is 0. The second kappa shape index (κ2) is 5.02. The zero-order chi connectivity index (χ0) is 13.1. The Labute approximate surface area is 111 Å². The molecule has 0 aliphatic heterocycles. The van der Waals surface area contributed by atoms with Crippen molar-refractivity contribution in [3.8, 4) is 22.6 Å². The number of benzene rings is 1. The molecule has 19 heavy (non-hydrogen) atoms. The molecule has 0 aliphatic carbocycles. The van der Waals surface area contributed by atoms with Crippen LogP contribution in [0.5, 0.6) is 0 Å². The normalized spacial score (nSPS) is 10.6. The number of aromatic nitrogens is 4. The monoisotopic (exact) mass is 250 g/mol. The van der Waals surface area contributed by atoms with Crippen LogP contribution in [0.25, 0.3) is 22.6 Å². The molecule has 2 heterocycles. The fourth-order valence-electron chi connectivity index (χ4n) is 1.88. The molecular formula is C15H14N4. The molecule has 94 valence electrons. The Balaban J connectivity index is 1.90. The van der Waals surface area contributed by atoms with Crippen molar-refractivity contribution in [1.29, 1.82) is 0 Å². The molecule has 0 unspecified atom stereocenters. The lowest BCUT2D eigenvalue weighted by molar-refractivity contribution is 0.762. The Kier molecular flexibility index (Phi) is 3.06. The predicted octanol–water partition coefficient (Wildman–Crippen LogP) is 3.03. The molecule has 4 nitrogen and oxygen atoms in total. The molecule has 2 aromatic heterocycles. The third-order valence-corrected chi connectivity index (χ3v) is 2.98. The largest absolute Gasteiger partial charge is 0.337 e. The van der Waals surface area contributed by atoms with Gasteiger partial charge >= 0.3 is 0 Å². The average Bonchev–Trinajstić information content (AvgIpc) is 2.97. The van der Waals surface area contributed by atoms with E-state index in [1.165, 1.54) is 0 Å². The van der Waals surface area contributed by atoms with Gasteiger partial charge in [-0.15, -0.1) is 0 Å². The maximum atomic E-state index is 4.40. The van der Waals surface area contributed by atoms with Crippen LogP contribution >= 0.6 is 0 Å². The number of rotatable bonds is 3. The number of nitrogens with zero attached hydrogens (tertiary/aromatic N) is 4. The standard InChI is InChI=1S/C15H14N4/c1-2-19-10-14(18-11-19)13-8-16-15(17-9-13)12-6-4-3-5-7-12/h3-11H,2H2,1H3. The van der Waals surface area contributed by atoms with Gasteiger partial charge in [-0.1, -0.05) is 30.3 Å². The summed E-state index contributed by atoms with van der Waals surface area (Å²) in [5.74, 6) is 0.735. The third-order valence-electron chi connectivity index (χ3n) is 2.98. The first kappa shape index (κ1) is 11.6. The highest BCUT2D eigenvalue weighted by Crippen LogP contribution is 2.18. The van der Waals surface area contributed by atoms with Gasteiger partial charge in [0.25, 0.3) is 0 Å². The molecule has 0 saturated heterocycles. The molecule has 0 N–H and O–H groups in total. The van der Waals surface area contributed by atoms with Crippen molar-refractivity contribution in [2.45, 2.75) is 13.5 Å². The Hall–Kier alpha value is -2.49. The SMILES string of the molecule is CCn1cnc(-c2cnc(-c3ccccc3)nc2)c1. The molecule has 0 spiro atoms. The summed E-state index contributed by atoms with van der Waals surface area (Å²) in [6.45, 7) is 3.00. The van der Waals surface area contributed by atoms with Gasteiger partial charge in [-0.2, -0.15) is 0 Å². The zero-order valence-corrected chi connectivity index (χ0v) is 10.7. The van der Waals surface area contributed by atoms with Crippen LogP contribution in [-0.4, -0.2) is 19.5 Å². The van der Waals surface area contributed by atoms with E-state index in [4.69, 9.17) is 0 Å². The van der Waals surface area contributed by atoms with Gasteiger partial charge < -0.3 is 4.57 Å². The van der Waals surface area contributed by atoms with Crippen LogP contribution in [0.1, 0.15) is 6.92 Å². The Bertz CT molecular complexity index is 656. The Morgan fingerprint density at radius 2 is 1.68 bits per heavy atom. The molecule has 0 bridgehead atoms. The van der Waals surface area contributed by atoms with Crippen LogP contribution in [-0.2, 0) is 6.54 Å². The fourth-order valence-corrected chi connectivity index (χ4v) is 1.88. The van der Waals surface area contributed by atoms with Crippen molar-refractivity contribution < 1.29 is 0 Å². The minimum absolute atomic E-state index is 0.735. The smallest absolute Gasteiger partial charge is 0.159 e. The third kappa shape index (κ3) is 2.38. The quantitative estimate of drug-likeness (QED) is 0.717. The van der Waals surface area contributed by atoms with E-state index in [1.807, 2.05) is 59.8 Å². The highest BCUT2D eigenvalue weighted by atomic mass is 15.0. The van der Waals surface area contributed by atoms with Crippen LogP contribution in [0.4, 0.5) is 0 Å². The van der Waals surface area contributed by atoms with Crippen molar-refractivity contribution in [2.75, 3.05) is 0 Å². The van der Waals surface area contributed by atoms with E-state index in [9.17, 15) is 0 Å². The average molecular weight is 250 g/mol. The van der Waals surface area contributed by atoms with Gasteiger partial charge in [0.15, 0.2) is 5.82 Å².